The molecule has 0 spiro atoms. The van der Waals surface area contributed by atoms with E-state index in [0.29, 0.717) is 22.6 Å². The van der Waals surface area contributed by atoms with Crippen molar-refractivity contribution in [1.29, 1.82) is 10.5 Å². The Morgan fingerprint density at radius 3 is 2.55 bits per heavy atom. The van der Waals surface area contributed by atoms with Gasteiger partial charge in [-0.05, 0) is 35.9 Å². The van der Waals surface area contributed by atoms with Gasteiger partial charge in [-0.3, -0.25) is 0 Å². The Morgan fingerprint density at radius 2 is 1.90 bits per heavy atom. The van der Waals surface area contributed by atoms with Crippen molar-refractivity contribution in [3.63, 3.8) is 0 Å². The Morgan fingerprint density at radius 1 is 1.10 bits per heavy atom. The Kier molecular flexibility index (Phi) is 3.83. The lowest BCUT2D eigenvalue weighted by molar-refractivity contribution is 0.307. The number of nitrogens with zero attached hydrogens (tertiary/aromatic N) is 2. The highest BCUT2D eigenvalue weighted by molar-refractivity contribution is 5.56. The molecule has 4 nitrogen and oxygen atoms in total. The first kappa shape index (κ1) is 13.4. The van der Waals surface area contributed by atoms with E-state index in [1.165, 1.54) is 24.3 Å². The van der Waals surface area contributed by atoms with Gasteiger partial charge in [0.05, 0.1) is 22.9 Å². The molecular formula is C15H10FN3O. The van der Waals surface area contributed by atoms with Crippen LogP contribution in [0.25, 0.3) is 0 Å². The number of anilines is 1. The smallest absolute Gasteiger partial charge is 0.142 e. The first-order chi connectivity index (χ1) is 9.63. The molecule has 5 heteroatoms. The summed E-state index contributed by atoms with van der Waals surface area (Å²) < 4.78 is 18.7. The highest BCUT2D eigenvalue weighted by Crippen LogP contribution is 2.23. The molecule has 0 aliphatic heterocycles. The monoisotopic (exact) mass is 267 g/mol. The van der Waals surface area contributed by atoms with Crippen molar-refractivity contribution >= 4 is 5.69 Å². The molecule has 0 fully saturated rings. The summed E-state index contributed by atoms with van der Waals surface area (Å²) in [6, 6.07) is 12.6. The fraction of sp³-hybridized carbons (Fsp3) is 0.0667. The van der Waals surface area contributed by atoms with Gasteiger partial charge in [0.2, 0.25) is 0 Å². The first-order valence-electron chi connectivity index (χ1n) is 5.75. The van der Waals surface area contributed by atoms with Crippen LogP contribution in [0.5, 0.6) is 5.75 Å². The Bertz CT molecular complexity index is 729. The predicted octanol–water partition coefficient (Wildman–Crippen LogP) is 2.73. The molecule has 0 atom stereocenters. The third-order valence-corrected chi connectivity index (χ3v) is 2.68. The minimum atomic E-state index is -0.561. The molecule has 0 radical (unpaired) electrons. The van der Waals surface area contributed by atoms with Gasteiger partial charge in [-0.2, -0.15) is 10.5 Å². The van der Waals surface area contributed by atoms with Crippen LogP contribution in [0.15, 0.2) is 36.4 Å². The van der Waals surface area contributed by atoms with Crippen molar-refractivity contribution in [2.24, 2.45) is 0 Å². The van der Waals surface area contributed by atoms with Crippen LogP contribution in [0.2, 0.25) is 0 Å². The highest BCUT2D eigenvalue weighted by atomic mass is 19.1. The van der Waals surface area contributed by atoms with Crippen LogP contribution in [0, 0.1) is 28.5 Å². The Labute approximate surface area is 115 Å². The molecule has 2 aromatic carbocycles. The van der Waals surface area contributed by atoms with E-state index in [0.717, 1.165) is 0 Å². The quantitative estimate of drug-likeness (QED) is 0.867. The second-order valence-corrected chi connectivity index (χ2v) is 4.08. The summed E-state index contributed by atoms with van der Waals surface area (Å²) in [5, 5.41) is 17.5. The molecule has 0 unspecified atom stereocenters. The van der Waals surface area contributed by atoms with E-state index in [4.69, 9.17) is 21.0 Å². The van der Waals surface area contributed by atoms with Crippen molar-refractivity contribution in [2.75, 3.05) is 5.73 Å². The summed E-state index contributed by atoms with van der Waals surface area (Å²) in [5.41, 5.74) is 7.18. The lowest BCUT2D eigenvalue weighted by atomic mass is 10.1. The summed E-state index contributed by atoms with van der Waals surface area (Å²) in [4.78, 5) is 0. The van der Waals surface area contributed by atoms with Gasteiger partial charge in [0, 0.05) is 0 Å². The van der Waals surface area contributed by atoms with Gasteiger partial charge in [0.15, 0.2) is 0 Å². The fourth-order valence-corrected chi connectivity index (χ4v) is 1.66. The van der Waals surface area contributed by atoms with E-state index < -0.39 is 5.82 Å². The molecular weight excluding hydrogens is 257 g/mol. The zero-order valence-electron chi connectivity index (χ0n) is 10.4. The molecule has 2 aromatic rings. The topological polar surface area (TPSA) is 82.8 Å². The van der Waals surface area contributed by atoms with Crippen LogP contribution in [-0.4, -0.2) is 0 Å². The number of nitrogen functional groups attached to an aromatic ring is 1. The summed E-state index contributed by atoms with van der Waals surface area (Å²) in [7, 11) is 0. The van der Waals surface area contributed by atoms with E-state index in [2.05, 4.69) is 0 Å². The van der Waals surface area contributed by atoms with Gasteiger partial charge in [-0.25, -0.2) is 4.39 Å². The maximum Gasteiger partial charge on any atom is 0.142 e. The van der Waals surface area contributed by atoms with Gasteiger partial charge in [0.1, 0.15) is 24.2 Å². The molecule has 2 rings (SSSR count). The van der Waals surface area contributed by atoms with Gasteiger partial charge >= 0.3 is 0 Å². The van der Waals surface area contributed by atoms with Gasteiger partial charge in [0.25, 0.3) is 0 Å². The molecule has 0 saturated carbocycles. The number of benzene rings is 2. The second kappa shape index (κ2) is 5.73. The van der Waals surface area contributed by atoms with Gasteiger partial charge in [-0.1, -0.05) is 6.07 Å². The van der Waals surface area contributed by atoms with Crippen molar-refractivity contribution in [1.82, 2.24) is 0 Å². The molecule has 0 saturated heterocycles. The maximum absolute atomic E-state index is 13.2. The minimum Gasteiger partial charge on any atom is -0.487 e. The van der Waals surface area contributed by atoms with Crippen molar-refractivity contribution in [2.45, 2.75) is 6.61 Å². The molecule has 0 heterocycles. The molecule has 0 amide bonds. The zero-order valence-corrected chi connectivity index (χ0v) is 10.4. The van der Waals surface area contributed by atoms with E-state index >= 15 is 0 Å². The standard InChI is InChI=1S/C15H10FN3O/c16-13-3-1-11(5-12(13)8-18)9-20-15-4-2-10(7-17)6-14(15)19/h1-6H,9,19H2. The highest BCUT2D eigenvalue weighted by Gasteiger charge is 2.05. The van der Waals surface area contributed by atoms with Crippen LogP contribution in [0.3, 0.4) is 0 Å². The van der Waals surface area contributed by atoms with E-state index in [-0.39, 0.29) is 12.2 Å². The number of nitriles is 2. The molecule has 20 heavy (non-hydrogen) atoms. The number of rotatable bonds is 3. The second-order valence-electron chi connectivity index (χ2n) is 4.08. The zero-order chi connectivity index (χ0) is 14.5. The molecule has 0 aliphatic rings. The summed E-state index contributed by atoms with van der Waals surface area (Å²) in [6.45, 7) is 0.158. The van der Waals surface area contributed by atoms with Gasteiger partial charge < -0.3 is 10.5 Å². The third-order valence-electron chi connectivity index (χ3n) is 2.68. The molecule has 98 valence electrons. The summed E-state index contributed by atoms with van der Waals surface area (Å²) >= 11 is 0. The Hall–Kier alpha value is -3.05. The predicted molar refractivity (Wildman–Crippen MR) is 71.0 cm³/mol. The van der Waals surface area contributed by atoms with Crippen molar-refractivity contribution < 1.29 is 9.13 Å². The lowest BCUT2D eigenvalue weighted by Gasteiger charge is -2.09. The van der Waals surface area contributed by atoms with Crippen LogP contribution in [0.1, 0.15) is 16.7 Å². The average molecular weight is 267 g/mol. The summed E-state index contributed by atoms with van der Waals surface area (Å²) in [5.74, 6) is -0.124. The van der Waals surface area contributed by atoms with Crippen LogP contribution in [0.4, 0.5) is 10.1 Å². The van der Waals surface area contributed by atoms with E-state index in [9.17, 15) is 4.39 Å². The maximum atomic E-state index is 13.2. The number of halogens is 1. The Balaban J connectivity index is 2.13. The van der Waals surface area contributed by atoms with Crippen LogP contribution in [-0.2, 0) is 6.61 Å². The molecule has 2 N–H and O–H groups in total. The van der Waals surface area contributed by atoms with Crippen molar-refractivity contribution in [3.05, 3.63) is 58.9 Å². The number of hydrogen-bond donors (Lipinski definition) is 1. The lowest BCUT2D eigenvalue weighted by Crippen LogP contribution is -2.00. The molecule has 0 aliphatic carbocycles. The first-order valence-corrected chi connectivity index (χ1v) is 5.75. The van der Waals surface area contributed by atoms with Crippen LogP contribution < -0.4 is 10.5 Å². The van der Waals surface area contributed by atoms with Gasteiger partial charge in [-0.15, -0.1) is 0 Å². The average Bonchev–Trinajstić information content (AvgIpc) is 2.47. The fourth-order valence-electron chi connectivity index (χ4n) is 1.66. The molecule has 0 bridgehead atoms. The van der Waals surface area contributed by atoms with Crippen molar-refractivity contribution in [3.8, 4) is 17.9 Å². The number of nitrogens with two attached hydrogens (primary N) is 1. The minimum absolute atomic E-state index is 0.0288. The largest absolute Gasteiger partial charge is 0.487 e. The number of hydrogen-bond acceptors (Lipinski definition) is 4. The van der Waals surface area contributed by atoms with Crippen LogP contribution >= 0.6 is 0 Å². The summed E-state index contributed by atoms with van der Waals surface area (Å²) in [6.07, 6.45) is 0. The molecule has 0 aromatic heterocycles. The number of ether oxygens (including phenoxy) is 1. The normalized spacial score (nSPS) is 9.55. The van der Waals surface area contributed by atoms with E-state index in [1.807, 2.05) is 6.07 Å². The third kappa shape index (κ3) is 2.85. The van der Waals surface area contributed by atoms with E-state index in [1.54, 1.807) is 18.2 Å². The SMILES string of the molecule is N#Cc1ccc(OCc2ccc(F)c(C#N)c2)c(N)c1.